The molecule has 4 nitrogen and oxygen atoms in total. The summed E-state index contributed by atoms with van der Waals surface area (Å²) in [4.78, 5) is 15.3. The minimum Gasteiger partial charge on any atom is -0.271 e. The first kappa shape index (κ1) is 9.50. The molecule has 0 aliphatic heterocycles. The van der Waals surface area contributed by atoms with E-state index in [0.717, 1.165) is 22.9 Å². The molecule has 1 saturated carbocycles. The van der Waals surface area contributed by atoms with Gasteiger partial charge >= 0.3 is 0 Å². The van der Waals surface area contributed by atoms with Gasteiger partial charge in [0.1, 0.15) is 0 Å². The number of fused-ring (bicyclic) bond motifs is 1. The quantitative estimate of drug-likeness (QED) is 0.847. The van der Waals surface area contributed by atoms with Crippen LogP contribution in [-0.4, -0.2) is 14.6 Å². The standard InChI is InChI=1S/C10H9F2N3O/c11-9(12)10-13-7-3-6(5-1-2-5)4-8(16)15(7)14-10/h3-5,9H,1-2H2,(H,13,14). The van der Waals surface area contributed by atoms with Gasteiger partial charge in [0, 0.05) is 6.07 Å². The van der Waals surface area contributed by atoms with Crippen molar-refractivity contribution in [2.24, 2.45) is 0 Å². The Morgan fingerprint density at radius 3 is 2.81 bits per heavy atom. The topological polar surface area (TPSA) is 50.2 Å². The maximum atomic E-state index is 12.4. The highest BCUT2D eigenvalue weighted by molar-refractivity contribution is 5.42. The SMILES string of the molecule is O=c1cc(C2CC2)cc2nc(C(F)F)[nH]n12. The van der Waals surface area contributed by atoms with Gasteiger partial charge in [-0.1, -0.05) is 0 Å². The first-order valence-corrected chi connectivity index (χ1v) is 5.06. The number of rotatable bonds is 2. The van der Waals surface area contributed by atoms with Crippen LogP contribution in [0.3, 0.4) is 0 Å². The molecule has 0 atom stereocenters. The van der Waals surface area contributed by atoms with Crippen molar-refractivity contribution in [1.29, 1.82) is 0 Å². The molecule has 2 aromatic rings. The highest BCUT2D eigenvalue weighted by atomic mass is 19.3. The third kappa shape index (κ3) is 1.41. The summed E-state index contributed by atoms with van der Waals surface area (Å²) < 4.78 is 25.8. The number of nitrogens with one attached hydrogen (secondary N) is 1. The van der Waals surface area contributed by atoms with Crippen molar-refractivity contribution in [2.45, 2.75) is 25.2 Å². The molecule has 0 bridgehead atoms. The molecule has 2 aromatic heterocycles. The Kier molecular flexibility index (Phi) is 1.86. The summed E-state index contributed by atoms with van der Waals surface area (Å²) in [6.45, 7) is 0. The molecule has 1 N–H and O–H groups in total. The van der Waals surface area contributed by atoms with Gasteiger partial charge in [-0.2, -0.15) is 0 Å². The van der Waals surface area contributed by atoms with E-state index in [1.807, 2.05) is 0 Å². The van der Waals surface area contributed by atoms with E-state index in [9.17, 15) is 13.6 Å². The smallest absolute Gasteiger partial charge is 0.271 e. The molecule has 84 valence electrons. The average Bonchev–Trinajstić information content (AvgIpc) is 2.97. The molecular formula is C10H9F2N3O. The number of aromatic nitrogens is 3. The highest BCUT2D eigenvalue weighted by Crippen LogP contribution is 2.39. The van der Waals surface area contributed by atoms with Crippen molar-refractivity contribution in [2.75, 3.05) is 0 Å². The summed E-state index contributed by atoms with van der Waals surface area (Å²) in [5, 5.41) is 2.29. The van der Waals surface area contributed by atoms with Crippen LogP contribution in [0, 0.1) is 0 Å². The van der Waals surface area contributed by atoms with Crippen LogP contribution in [0.4, 0.5) is 8.78 Å². The zero-order valence-electron chi connectivity index (χ0n) is 8.28. The second kappa shape index (κ2) is 3.13. The van der Waals surface area contributed by atoms with Crippen LogP contribution < -0.4 is 5.56 Å². The molecule has 0 spiro atoms. The van der Waals surface area contributed by atoms with Gasteiger partial charge in [-0.3, -0.25) is 9.89 Å². The van der Waals surface area contributed by atoms with E-state index in [1.54, 1.807) is 6.07 Å². The summed E-state index contributed by atoms with van der Waals surface area (Å²) in [7, 11) is 0. The fourth-order valence-corrected chi connectivity index (χ4v) is 1.78. The van der Waals surface area contributed by atoms with Crippen molar-refractivity contribution >= 4 is 5.65 Å². The number of halogens is 2. The molecule has 6 heteroatoms. The predicted octanol–water partition coefficient (Wildman–Crippen LogP) is 1.84. The fourth-order valence-electron chi connectivity index (χ4n) is 1.78. The Labute approximate surface area is 88.9 Å². The number of aromatic amines is 1. The fraction of sp³-hybridized carbons (Fsp3) is 0.400. The molecule has 16 heavy (non-hydrogen) atoms. The van der Waals surface area contributed by atoms with Crippen LogP contribution in [0.1, 0.15) is 36.6 Å². The van der Waals surface area contributed by atoms with Crippen LogP contribution in [0.2, 0.25) is 0 Å². The number of nitrogens with zero attached hydrogens (tertiary/aromatic N) is 2. The van der Waals surface area contributed by atoms with Gasteiger partial charge in [0.05, 0.1) is 0 Å². The third-order valence-electron chi connectivity index (χ3n) is 2.75. The maximum Gasteiger partial charge on any atom is 0.296 e. The number of hydrogen-bond acceptors (Lipinski definition) is 2. The van der Waals surface area contributed by atoms with E-state index >= 15 is 0 Å². The number of pyridine rings is 1. The van der Waals surface area contributed by atoms with Crippen molar-refractivity contribution < 1.29 is 8.78 Å². The lowest BCUT2D eigenvalue weighted by atomic mass is 10.2. The van der Waals surface area contributed by atoms with Crippen LogP contribution in [0.5, 0.6) is 0 Å². The van der Waals surface area contributed by atoms with E-state index in [1.165, 1.54) is 6.07 Å². The second-order valence-corrected chi connectivity index (χ2v) is 4.00. The molecule has 1 aliphatic rings. The molecular weight excluding hydrogens is 216 g/mol. The van der Waals surface area contributed by atoms with E-state index in [-0.39, 0.29) is 11.2 Å². The van der Waals surface area contributed by atoms with E-state index in [2.05, 4.69) is 10.1 Å². The highest BCUT2D eigenvalue weighted by Gasteiger charge is 2.25. The van der Waals surface area contributed by atoms with Crippen molar-refractivity contribution in [1.82, 2.24) is 14.6 Å². The van der Waals surface area contributed by atoms with Crippen molar-refractivity contribution in [3.05, 3.63) is 33.9 Å². The Hall–Kier alpha value is -1.72. The van der Waals surface area contributed by atoms with E-state index in [4.69, 9.17) is 0 Å². The van der Waals surface area contributed by atoms with Crippen LogP contribution in [0.15, 0.2) is 16.9 Å². The predicted molar refractivity (Wildman–Crippen MR) is 52.7 cm³/mol. The molecule has 0 amide bonds. The minimum absolute atomic E-state index is 0.268. The van der Waals surface area contributed by atoms with Gasteiger partial charge < -0.3 is 0 Å². The number of H-pyrrole nitrogens is 1. The maximum absolute atomic E-state index is 12.4. The molecule has 3 rings (SSSR count). The van der Waals surface area contributed by atoms with Crippen molar-refractivity contribution in [3.8, 4) is 0 Å². The van der Waals surface area contributed by atoms with Gasteiger partial charge in [0.15, 0.2) is 11.5 Å². The first-order valence-electron chi connectivity index (χ1n) is 5.06. The van der Waals surface area contributed by atoms with Gasteiger partial charge in [-0.05, 0) is 30.4 Å². The molecule has 1 aliphatic carbocycles. The minimum atomic E-state index is -2.69. The number of alkyl halides is 2. The molecule has 2 heterocycles. The second-order valence-electron chi connectivity index (χ2n) is 4.00. The Morgan fingerprint density at radius 2 is 2.19 bits per heavy atom. The summed E-state index contributed by atoms with van der Waals surface area (Å²) in [6, 6.07) is 3.18. The Morgan fingerprint density at radius 1 is 1.44 bits per heavy atom. The van der Waals surface area contributed by atoms with Gasteiger partial charge in [0.2, 0.25) is 0 Å². The van der Waals surface area contributed by atoms with E-state index < -0.39 is 12.2 Å². The average molecular weight is 225 g/mol. The van der Waals surface area contributed by atoms with Crippen LogP contribution >= 0.6 is 0 Å². The summed E-state index contributed by atoms with van der Waals surface area (Å²) >= 11 is 0. The third-order valence-corrected chi connectivity index (χ3v) is 2.75. The largest absolute Gasteiger partial charge is 0.296 e. The molecule has 0 saturated heterocycles. The normalized spacial score (nSPS) is 16.2. The van der Waals surface area contributed by atoms with Gasteiger partial charge in [0.25, 0.3) is 12.0 Å². The molecule has 0 aromatic carbocycles. The molecule has 1 fully saturated rings. The number of hydrogen-bond donors (Lipinski definition) is 1. The molecule has 0 unspecified atom stereocenters. The summed E-state index contributed by atoms with van der Waals surface area (Å²) in [6.07, 6.45) is -0.576. The zero-order valence-corrected chi connectivity index (χ0v) is 8.28. The van der Waals surface area contributed by atoms with E-state index in [0.29, 0.717) is 5.92 Å². The monoisotopic (exact) mass is 225 g/mol. The van der Waals surface area contributed by atoms with Gasteiger partial charge in [-0.15, -0.1) is 0 Å². The lowest BCUT2D eigenvalue weighted by Gasteiger charge is -1.96. The Bertz CT molecular complexity index is 598. The summed E-state index contributed by atoms with van der Waals surface area (Å²) in [5.41, 5.74) is 0.834. The van der Waals surface area contributed by atoms with Crippen LogP contribution in [0.25, 0.3) is 5.65 Å². The van der Waals surface area contributed by atoms with Crippen LogP contribution in [-0.2, 0) is 0 Å². The Balaban J connectivity index is 2.21. The van der Waals surface area contributed by atoms with Crippen molar-refractivity contribution in [3.63, 3.8) is 0 Å². The molecule has 0 radical (unpaired) electrons. The lowest BCUT2D eigenvalue weighted by Crippen LogP contribution is -2.13. The van der Waals surface area contributed by atoms with Gasteiger partial charge in [-0.25, -0.2) is 18.3 Å². The summed E-state index contributed by atoms with van der Waals surface area (Å²) in [5.74, 6) is -0.0607. The zero-order chi connectivity index (χ0) is 11.3. The first-order chi connectivity index (χ1) is 7.65. The lowest BCUT2D eigenvalue weighted by molar-refractivity contribution is 0.140.